The molecule has 1 atom stereocenters. The topological polar surface area (TPSA) is 108 Å². The molecule has 176 valence electrons. The van der Waals surface area contributed by atoms with Gasteiger partial charge in [0.15, 0.2) is 0 Å². The first-order valence-electron chi connectivity index (χ1n) is 10.9. The van der Waals surface area contributed by atoms with Crippen molar-refractivity contribution in [3.63, 3.8) is 0 Å². The summed E-state index contributed by atoms with van der Waals surface area (Å²) in [6.45, 7) is 3.89. The van der Waals surface area contributed by atoms with E-state index in [9.17, 15) is 24.1 Å². The van der Waals surface area contributed by atoms with Crippen LogP contribution in [0.25, 0.3) is 0 Å². The van der Waals surface area contributed by atoms with Gasteiger partial charge in [0.25, 0.3) is 5.69 Å². The molecular weight excluding hydrogens is 429 g/mol. The Morgan fingerprint density at radius 3 is 2.39 bits per heavy atom. The van der Waals surface area contributed by atoms with Crippen molar-refractivity contribution >= 4 is 23.3 Å². The van der Waals surface area contributed by atoms with E-state index in [1.165, 1.54) is 18.2 Å². The molecule has 33 heavy (non-hydrogen) atoms. The Bertz CT molecular complexity index is 977. The Labute approximate surface area is 191 Å². The van der Waals surface area contributed by atoms with E-state index >= 15 is 0 Å². The second-order valence-corrected chi connectivity index (χ2v) is 7.85. The lowest BCUT2D eigenvalue weighted by molar-refractivity contribution is -0.384. The zero-order valence-corrected chi connectivity index (χ0v) is 18.5. The van der Waals surface area contributed by atoms with Crippen LogP contribution < -0.4 is 15.5 Å². The van der Waals surface area contributed by atoms with Crippen LogP contribution in [-0.4, -0.2) is 54.0 Å². The molecule has 0 saturated carbocycles. The standard InChI is InChI=1S/C23H28FN5O4/c1-2-5-19(26-23(31)25-16-17-8-10-18(24)11-9-17)22(30)28-14-12-27(13-15-28)20-6-3-4-7-21(20)29(32)33/h3-4,6-11,19H,2,5,12-16H2,1H3,(H2,25,26,31). The summed E-state index contributed by atoms with van der Waals surface area (Å²) in [4.78, 5) is 39.9. The third-order valence-electron chi connectivity index (χ3n) is 5.56. The van der Waals surface area contributed by atoms with Crippen molar-refractivity contribution in [2.45, 2.75) is 32.4 Å². The fraction of sp³-hybridized carbons (Fsp3) is 0.391. The first-order chi connectivity index (χ1) is 15.9. The summed E-state index contributed by atoms with van der Waals surface area (Å²) >= 11 is 0. The SMILES string of the molecule is CCCC(NC(=O)NCc1ccc(F)cc1)C(=O)N1CCN(c2ccccc2[N+](=O)[O-])CC1. The molecule has 1 heterocycles. The molecule has 0 radical (unpaired) electrons. The largest absolute Gasteiger partial charge is 0.362 e. The number of nitro benzene ring substituents is 1. The minimum Gasteiger partial charge on any atom is -0.362 e. The normalized spacial score (nSPS) is 14.5. The molecule has 1 unspecified atom stereocenters. The van der Waals surface area contributed by atoms with Crippen LogP contribution in [0.4, 0.5) is 20.6 Å². The van der Waals surface area contributed by atoms with Crippen molar-refractivity contribution < 1.29 is 18.9 Å². The fourth-order valence-corrected chi connectivity index (χ4v) is 3.81. The predicted molar refractivity (Wildman–Crippen MR) is 122 cm³/mol. The average molecular weight is 458 g/mol. The van der Waals surface area contributed by atoms with Gasteiger partial charge in [0, 0.05) is 38.8 Å². The molecule has 1 saturated heterocycles. The maximum Gasteiger partial charge on any atom is 0.315 e. The number of urea groups is 1. The summed E-state index contributed by atoms with van der Waals surface area (Å²) in [6.07, 6.45) is 1.21. The van der Waals surface area contributed by atoms with E-state index in [-0.39, 0.29) is 24.0 Å². The van der Waals surface area contributed by atoms with Crippen LogP contribution in [0.2, 0.25) is 0 Å². The maximum atomic E-state index is 13.1. The van der Waals surface area contributed by atoms with Gasteiger partial charge in [-0.05, 0) is 30.2 Å². The molecule has 0 aliphatic carbocycles. The van der Waals surface area contributed by atoms with E-state index in [0.29, 0.717) is 44.7 Å². The van der Waals surface area contributed by atoms with Crippen LogP contribution in [0.1, 0.15) is 25.3 Å². The minimum absolute atomic E-state index is 0.0422. The van der Waals surface area contributed by atoms with Gasteiger partial charge in [-0.25, -0.2) is 9.18 Å². The predicted octanol–water partition coefficient (Wildman–Crippen LogP) is 3.05. The fourth-order valence-electron chi connectivity index (χ4n) is 3.81. The number of piperazine rings is 1. The smallest absolute Gasteiger partial charge is 0.315 e. The molecule has 0 bridgehead atoms. The van der Waals surface area contributed by atoms with E-state index in [2.05, 4.69) is 10.6 Å². The number of benzene rings is 2. The number of rotatable bonds is 8. The summed E-state index contributed by atoms with van der Waals surface area (Å²) < 4.78 is 13.0. The van der Waals surface area contributed by atoms with E-state index in [1.54, 1.807) is 35.2 Å². The Kier molecular flexibility index (Phi) is 8.17. The van der Waals surface area contributed by atoms with Crippen molar-refractivity contribution in [1.82, 2.24) is 15.5 Å². The third-order valence-corrected chi connectivity index (χ3v) is 5.56. The lowest BCUT2D eigenvalue weighted by Crippen LogP contribution is -2.56. The summed E-state index contributed by atoms with van der Waals surface area (Å²) in [6, 6.07) is 11.2. The number of anilines is 1. The highest BCUT2D eigenvalue weighted by molar-refractivity contribution is 5.87. The number of hydrogen-bond acceptors (Lipinski definition) is 5. The minimum atomic E-state index is -0.666. The van der Waals surface area contributed by atoms with Crippen LogP contribution in [0.15, 0.2) is 48.5 Å². The molecule has 9 nitrogen and oxygen atoms in total. The molecule has 0 spiro atoms. The van der Waals surface area contributed by atoms with Crippen LogP contribution in [0, 0.1) is 15.9 Å². The molecule has 2 N–H and O–H groups in total. The van der Waals surface area contributed by atoms with Gasteiger partial charge in [0.1, 0.15) is 17.5 Å². The van der Waals surface area contributed by atoms with E-state index in [4.69, 9.17) is 0 Å². The second-order valence-electron chi connectivity index (χ2n) is 7.85. The number of nitrogens with one attached hydrogen (secondary N) is 2. The second kappa shape index (κ2) is 11.3. The van der Waals surface area contributed by atoms with Crippen molar-refractivity contribution in [1.29, 1.82) is 0 Å². The van der Waals surface area contributed by atoms with Crippen molar-refractivity contribution in [3.05, 3.63) is 70.0 Å². The lowest BCUT2D eigenvalue weighted by Gasteiger charge is -2.37. The molecular formula is C23H28FN5O4. The van der Waals surface area contributed by atoms with Gasteiger partial charge >= 0.3 is 6.03 Å². The molecule has 1 aliphatic heterocycles. The highest BCUT2D eigenvalue weighted by Gasteiger charge is 2.29. The summed E-state index contributed by atoms with van der Waals surface area (Å²) in [5.41, 5.74) is 1.33. The van der Waals surface area contributed by atoms with Crippen LogP contribution in [0.3, 0.4) is 0 Å². The molecule has 0 aromatic heterocycles. The Morgan fingerprint density at radius 1 is 1.09 bits per heavy atom. The van der Waals surface area contributed by atoms with Crippen LogP contribution in [-0.2, 0) is 11.3 Å². The first kappa shape index (κ1) is 24.0. The lowest BCUT2D eigenvalue weighted by atomic mass is 10.1. The maximum absolute atomic E-state index is 13.1. The van der Waals surface area contributed by atoms with Gasteiger partial charge < -0.3 is 20.4 Å². The van der Waals surface area contributed by atoms with E-state index < -0.39 is 17.0 Å². The third kappa shape index (κ3) is 6.41. The highest BCUT2D eigenvalue weighted by Crippen LogP contribution is 2.28. The van der Waals surface area contributed by atoms with E-state index in [1.807, 2.05) is 11.8 Å². The summed E-state index contributed by atoms with van der Waals surface area (Å²) in [7, 11) is 0. The van der Waals surface area contributed by atoms with Crippen molar-refractivity contribution in [2.75, 3.05) is 31.1 Å². The summed E-state index contributed by atoms with van der Waals surface area (Å²) in [5.74, 6) is -0.519. The molecule has 1 aliphatic rings. The Balaban J connectivity index is 1.55. The van der Waals surface area contributed by atoms with Gasteiger partial charge in [-0.3, -0.25) is 14.9 Å². The highest BCUT2D eigenvalue weighted by atomic mass is 19.1. The number of nitrogens with zero attached hydrogens (tertiary/aromatic N) is 3. The number of para-hydroxylation sites is 2. The molecule has 2 aromatic carbocycles. The number of carbonyl (C=O) groups is 2. The quantitative estimate of drug-likeness (QED) is 0.468. The average Bonchev–Trinajstić information content (AvgIpc) is 2.83. The van der Waals surface area contributed by atoms with Crippen LogP contribution >= 0.6 is 0 Å². The van der Waals surface area contributed by atoms with Gasteiger partial charge in [-0.2, -0.15) is 0 Å². The van der Waals surface area contributed by atoms with Gasteiger partial charge in [-0.1, -0.05) is 37.6 Å². The van der Waals surface area contributed by atoms with Gasteiger partial charge in [0.2, 0.25) is 5.91 Å². The first-order valence-corrected chi connectivity index (χ1v) is 10.9. The molecule has 2 aromatic rings. The van der Waals surface area contributed by atoms with Gasteiger partial charge in [0.05, 0.1) is 4.92 Å². The Morgan fingerprint density at radius 2 is 1.76 bits per heavy atom. The van der Waals surface area contributed by atoms with Crippen LogP contribution in [0.5, 0.6) is 0 Å². The number of hydrogen-bond donors (Lipinski definition) is 2. The number of nitro groups is 1. The molecule has 3 amide bonds. The van der Waals surface area contributed by atoms with Gasteiger partial charge in [-0.15, -0.1) is 0 Å². The molecule has 1 fully saturated rings. The zero-order valence-electron chi connectivity index (χ0n) is 18.5. The number of amides is 3. The van der Waals surface area contributed by atoms with Crippen molar-refractivity contribution in [3.8, 4) is 0 Å². The molecule has 10 heteroatoms. The number of halogens is 1. The zero-order chi connectivity index (χ0) is 23.8. The Hall–Kier alpha value is -3.69. The van der Waals surface area contributed by atoms with Crippen molar-refractivity contribution in [2.24, 2.45) is 0 Å². The summed E-state index contributed by atoms with van der Waals surface area (Å²) in [5, 5.41) is 16.8. The monoisotopic (exact) mass is 457 g/mol. The molecule has 3 rings (SSSR count). The van der Waals surface area contributed by atoms with E-state index in [0.717, 1.165) is 5.56 Å². The number of carbonyl (C=O) groups excluding carboxylic acids is 2.